The Labute approximate surface area is 106 Å². The second kappa shape index (κ2) is 5.65. The van der Waals surface area contributed by atoms with Crippen molar-refractivity contribution in [2.24, 2.45) is 4.99 Å². The van der Waals surface area contributed by atoms with Gasteiger partial charge in [-0.3, -0.25) is 0 Å². The highest BCUT2D eigenvalue weighted by Gasteiger charge is 2.22. The van der Waals surface area contributed by atoms with Gasteiger partial charge in [0, 0.05) is 0 Å². The SMILES string of the molecule is CCC(N=C=O)c1ccc(C(=O)OC(C)(C)C)o1. The normalized spacial score (nSPS) is 12.7. The molecule has 1 aromatic heterocycles. The second-order valence-electron chi connectivity index (χ2n) is 4.85. The number of carbonyl (C=O) groups excluding carboxylic acids is 2. The fraction of sp³-hybridized carbons (Fsp3) is 0.538. The van der Waals surface area contributed by atoms with Crippen LogP contribution in [0.5, 0.6) is 0 Å². The van der Waals surface area contributed by atoms with Crippen LogP contribution in [-0.2, 0) is 9.53 Å². The van der Waals surface area contributed by atoms with E-state index in [-0.39, 0.29) is 5.76 Å². The lowest BCUT2D eigenvalue weighted by Crippen LogP contribution is -2.23. The number of furan rings is 1. The molecule has 1 heterocycles. The van der Waals surface area contributed by atoms with Crippen LogP contribution in [0.25, 0.3) is 0 Å². The molecular formula is C13H17NO4. The minimum absolute atomic E-state index is 0.111. The molecule has 0 aliphatic rings. The first kappa shape index (κ1) is 14.2. The van der Waals surface area contributed by atoms with Crippen LogP contribution in [-0.4, -0.2) is 17.7 Å². The molecule has 0 bridgehead atoms. The van der Waals surface area contributed by atoms with Crippen LogP contribution in [0.2, 0.25) is 0 Å². The molecule has 98 valence electrons. The van der Waals surface area contributed by atoms with Gasteiger partial charge in [-0.2, -0.15) is 4.99 Å². The number of isocyanates is 1. The molecule has 1 aromatic rings. The third-order valence-corrected chi connectivity index (χ3v) is 2.15. The minimum atomic E-state index is -0.574. The summed E-state index contributed by atoms with van der Waals surface area (Å²) in [5.74, 6) is 0.0415. The molecule has 0 fully saturated rings. The Bertz CT molecular complexity index is 464. The first-order chi connectivity index (χ1) is 8.37. The number of rotatable bonds is 4. The zero-order valence-corrected chi connectivity index (χ0v) is 11.0. The maximum Gasteiger partial charge on any atom is 0.374 e. The molecule has 0 aromatic carbocycles. The lowest BCUT2D eigenvalue weighted by Gasteiger charge is -2.18. The summed E-state index contributed by atoms with van der Waals surface area (Å²) in [6.07, 6.45) is 2.09. The summed E-state index contributed by atoms with van der Waals surface area (Å²) in [5.41, 5.74) is -0.574. The van der Waals surface area contributed by atoms with E-state index in [4.69, 9.17) is 9.15 Å². The van der Waals surface area contributed by atoms with Crippen molar-refractivity contribution in [3.8, 4) is 0 Å². The molecule has 1 atom stereocenters. The summed E-state index contributed by atoms with van der Waals surface area (Å²) in [5, 5.41) is 0. The molecule has 0 aliphatic heterocycles. The first-order valence-corrected chi connectivity index (χ1v) is 5.77. The highest BCUT2D eigenvalue weighted by atomic mass is 16.6. The van der Waals surface area contributed by atoms with Gasteiger partial charge in [-0.15, -0.1) is 0 Å². The molecule has 0 amide bonds. The van der Waals surface area contributed by atoms with E-state index in [1.165, 1.54) is 12.1 Å². The Morgan fingerprint density at radius 2 is 2.17 bits per heavy atom. The lowest BCUT2D eigenvalue weighted by molar-refractivity contribution is 0.00339. The van der Waals surface area contributed by atoms with Gasteiger partial charge in [0.2, 0.25) is 11.8 Å². The van der Waals surface area contributed by atoms with Crippen LogP contribution in [0.15, 0.2) is 21.5 Å². The monoisotopic (exact) mass is 251 g/mol. The quantitative estimate of drug-likeness (QED) is 0.468. The first-order valence-electron chi connectivity index (χ1n) is 5.77. The van der Waals surface area contributed by atoms with E-state index in [2.05, 4.69) is 4.99 Å². The molecule has 5 nitrogen and oxygen atoms in total. The predicted molar refractivity (Wildman–Crippen MR) is 65.0 cm³/mol. The predicted octanol–water partition coefficient (Wildman–Crippen LogP) is 3.02. The van der Waals surface area contributed by atoms with Gasteiger partial charge in [-0.05, 0) is 39.3 Å². The smallest absolute Gasteiger partial charge is 0.374 e. The van der Waals surface area contributed by atoms with E-state index in [0.29, 0.717) is 12.2 Å². The Balaban J connectivity index is 2.86. The highest BCUT2D eigenvalue weighted by Crippen LogP contribution is 2.24. The van der Waals surface area contributed by atoms with Crippen molar-refractivity contribution in [2.75, 3.05) is 0 Å². The Morgan fingerprint density at radius 3 is 2.67 bits per heavy atom. The van der Waals surface area contributed by atoms with Crippen LogP contribution in [0.3, 0.4) is 0 Å². The third-order valence-electron chi connectivity index (χ3n) is 2.15. The Hall–Kier alpha value is -1.87. The summed E-state index contributed by atoms with van der Waals surface area (Å²) in [6.45, 7) is 7.20. The highest BCUT2D eigenvalue weighted by molar-refractivity contribution is 5.86. The number of hydrogen-bond acceptors (Lipinski definition) is 5. The van der Waals surface area contributed by atoms with Crippen LogP contribution in [0.1, 0.15) is 56.5 Å². The van der Waals surface area contributed by atoms with Gasteiger partial charge in [0.25, 0.3) is 0 Å². The molecule has 0 spiro atoms. The van der Waals surface area contributed by atoms with Gasteiger partial charge in [0.1, 0.15) is 17.4 Å². The molecule has 0 radical (unpaired) electrons. The molecule has 1 rings (SSSR count). The second-order valence-corrected chi connectivity index (χ2v) is 4.85. The summed E-state index contributed by atoms with van der Waals surface area (Å²) in [6, 6.07) is 2.74. The summed E-state index contributed by atoms with van der Waals surface area (Å²) < 4.78 is 10.5. The standard InChI is InChI=1S/C13H17NO4/c1-5-9(14-8-15)10-6-7-11(17-10)12(16)18-13(2,3)4/h6-7,9H,5H2,1-4H3. The van der Waals surface area contributed by atoms with Crippen LogP contribution in [0.4, 0.5) is 0 Å². The fourth-order valence-corrected chi connectivity index (χ4v) is 1.39. The number of carbonyl (C=O) groups is 1. The zero-order valence-electron chi connectivity index (χ0n) is 11.0. The number of nitrogens with zero attached hydrogens (tertiary/aromatic N) is 1. The number of aliphatic imine (C=N–C) groups is 1. The minimum Gasteiger partial charge on any atom is -0.454 e. The fourth-order valence-electron chi connectivity index (χ4n) is 1.39. The van der Waals surface area contributed by atoms with Crippen molar-refractivity contribution in [3.63, 3.8) is 0 Å². The van der Waals surface area contributed by atoms with Crippen molar-refractivity contribution < 1.29 is 18.7 Å². The van der Waals surface area contributed by atoms with Gasteiger partial charge < -0.3 is 9.15 Å². The van der Waals surface area contributed by atoms with E-state index in [0.717, 1.165) is 0 Å². The summed E-state index contributed by atoms with van der Waals surface area (Å²) in [7, 11) is 0. The average molecular weight is 251 g/mol. The largest absolute Gasteiger partial charge is 0.454 e. The van der Waals surface area contributed by atoms with Gasteiger partial charge >= 0.3 is 5.97 Å². The van der Waals surface area contributed by atoms with E-state index >= 15 is 0 Å². The van der Waals surface area contributed by atoms with Crippen molar-refractivity contribution in [3.05, 3.63) is 23.7 Å². The van der Waals surface area contributed by atoms with E-state index in [1.807, 2.05) is 6.92 Å². The lowest BCUT2D eigenvalue weighted by atomic mass is 10.2. The van der Waals surface area contributed by atoms with E-state index in [1.54, 1.807) is 26.8 Å². The summed E-state index contributed by atoms with van der Waals surface area (Å²) >= 11 is 0. The molecule has 18 heavy (non-hydrogen) atoms. The maximum atomic E-state index is 11.7. The molecule has 0 aliphatic carbocycles. The van der Waals surface area contributed by atoms with Crippen LogP contribution < -0.4 is 0 Å². The Kier molecular flexibility index (Phi) is 4.45. The maximum absolute atomic E-state index is 11.7. The Morgan fingerprint density at radius 1 is 1.50 bits per heavy atom. The van der Waals surface area contributed by atoms with Gasteiger partial charge in [0.15, 0.2) is 0 Å². The van der Waals surface area contributed by atoms with E-state index in [9.17, 15) is 9.59 Å². The molecule has 5 heteroatoms. The van der Waals surface area contributed by atoms with Crippen molar-refractivity contribution in [1.82, 2.24) is 0 Å². The van der Waals surface area contributed by atoms with Crippen molar-refractivity contribution in [1.29, 1.82) is 0 Å². The van der Waals surface area contributed by atoms with Crippen LogP contribution in [0, 0.1) is 0 Å². The molecule has 1 unspecified atom stereocenters. The van der Waals surface area contributed by atoms with Gasteiger partial charge in [0.05, 0.1) is 0 Å². The molecule has 0 saturated heterocycles. The third kappa shape index (κ3) is 3.86. The zero-order chi connectivity index (χ0) is 13.8. The average Bonchev–Trinajstić information content (AvgIpc) is 2.72. The van der Waals surface area contributed by atoms with Gasteiger partial charge in [-0.25, -0.2) is 9.59 Å². The van der Waals surface area contributed by atoms with Gasteiger partial charge in [-0.1, -0.05) is 6.92 Å². The van der Waals surface area contributed by atoms with Crippen LogP contribution >= 0.6 is 0 Å². The number of ether oxygens (including phenoxy) is 1. The number of esters is 1. The summed E-state index contributed by atoms with van der Waals surface area (Å²) in [4.78, 5) is 25.6. The topological polar surface area (TPSA) is 68.9 Å². The molecule has 0 saturated carbocycles. The van der Waals surface area contributed by atoms with Crippen molar-refractivity contribution in [2.45, 2.75) is 45.8 Å². The molecule has 0 N–H and O–H groups in total. The number of hydrogen-bond donors (Lipinski definition) is 0. The van der Waals surface area contributed by atoms with E-state index < -0.39 is 17.6 Å². The van der Waals surface area contributed by atoms with Crippen molar-refractivity contribution >= 4 is 12.0 Å². The molecular weight excluding hydrogens is 234 g/mol.